The van der Waals surface area contributed by atoms with E-state index in [-0.39, 0.29) is 18.4 Å². The van der Waals surface area contributed by atoms with Crippen LogP contribution in [0, 0.1) is 0 Å². The van der Waals surface area contributed by atoms with Crippen molar-refractivity contribution in [3.05, 3.63) is 35.9 Å². The summed E-state index contributed by atoms with van der Waals surface area (Å²) in [5, 5.41) is 6.27. The highest BCUT2D eigenvalue weighted by Gasteiger charge is 2.21. The summed E-state index contributed by atoms with van der Waals surface area (Å²) >= 11 is 0. The van der Waals surface area contributed by atoms with Crippen molar-refractivity contribution in [2.24, 2.45) is 0 Å². The van der Waals surface area contributed by atoms with Gasteiger partial charge in [-0.1, -0.05) is 30.3 Å². The van der Waals surface area contributed by atoms with Crippen LogP contribution in [0.4, 0.5) is 4.79 Å². The fourth-order valence-electron chi connectivity index (χ4n) is 2.26. The van der Waals surface area contributed by atoms with E-state index in [1.54, 1.807) is 0 Å². The molecule has 1 heterocycles. The molecule has 1 saturated heterocycles. The Morgan fingerprint density at radius 3 is 2.58 bits per heavy atom. The lowest BCUT2D eigenvalue weighted by molar-refractivity contribution is 0.176. The zero-order valence-electron chi connectivity index (χ0n) is 11.3. The van der Waals surface area contributed by atoms with Gasteiger partial charge in [-0.3, -0.25) is 0 Å². The van der Waals surface area contributed by atoms with Gasteiger partial charge in [0.25, 0.3) is 0 Å². The van der Waals surface area contributed by atoms with Crippen LogP contribution in [0.5, 0.6) is 0 Å². The third kappa shape index (κ3) is 4.73. The number of benzene rings is 1. The van der Waals surface area contributed by atoms with Crippen molar-refractivity contribution in [1.82, 2.24) is 15.5 Å². The summed E-state index contributed by atoms with van der Waals surface area (Å²) in [6, 6.07) is 10.4. The van der Waals surface area contributed by atoms with Crippen molar-refractivity contribution in [1.29, 1.82) is 0 Å². The molecule has 0 spiro atoms. The Bertz CT molecular complexity index is 380. The summed E-state index contributed by atoms with van der Waals surface area (Å²) in [6.45, 7) is 2.59. The molecule has 4 nitrogen and oxygen atoms in total. The van der Waals surface area contributed by atoms with Crippen LogP contribution in [0.3, 0.4) is 0 Å². The Hall–Kier alpha value is -1.26. The van der Waals surface area contributed by atoms with Crippen LogP contribution in [0.15, 0.2) is 30.3 Å². The molecule has 106 valence electrons. The average Bonchev–Trinajstić information content (AvgIpc) is 2.46. The van der Waals surface area contributed by atoms with E-state index in [0.29, 0.717) is 12.6 Å². The highest BCUT2D eigenvalue weighted by molar-refractivity contribution is 5.85. The van der Waals surface area contributed by atoms with Gasteiger partial charge >= 0.3 is 6.03 Å². The second-order valence-electron chi connectivity index (χ2n) is 4.74. The van der Waals surface area contributed by atoms with E-state index >= 15 is 0 Å². The molecular formula is C14H22ClN3O. The van der Waals surface area contributed by atoms with Crippen molar-refractivity contribution in [2.75, 3.05) is 20.1 Å². The number of carbonyl (C=O) groups excluding carboxylic acids is 1. The second-order valence-corrected chi connectivity index (χ2v) is 4.74. The maximum Gasteiger partial charge on any atom is 0.317 e. The van der Waals surface area contributed by atoms with E-state index < -0.39 is 0 Å². The van der Waals surface area contributed by atoms with Crippen molar-refractivity contribution in [2.45, 2.75) is 25.4 Å². The first-order valence-corrected chi connectivity index (χ1v) is 6.52. The van der Waals surface area contributed by atoms with Gasteiger partial charge in [0.1, 0.15) is 0 Å². The number of hydrogen-bond acceptors (Lipinski definition) is 2. The molecule has 0 aromatic heterocycles. The van der Waals surface area contributed by atoms with Crippen LogP contribution < -0.4 is 10.6 Å². The molecule has 1 aliphatic rings. The lowest BCUT2D eigenvalue weighted by atomic mass is 10.1. The summed E-state index contributed by atoms with van der Waals surface area (Å²) < 4.78 is 0. The standard InChI is InChI=1S/C14H21N3O.ClH/c1-17(13-7-9-15-10-8-13)14(18)16-11-12-5-3-2-4-6-12;/h2-6,13,15H,7-11H2,1H3,(H,16,18);1H. The number of nitrogens with one attached hydrogen (secondary N) is 2. The molecular weight excluding hydrogens is 262 g/mol. The molecule has 19 heavy (non-hydrogen) atoms. The molecule has 1 aromatic carbocycles. The second kappa shape index (κ2) is 8.02. The summed E-state index contributed by atoms with van der Waals surface area (Å²) in [5.74, 6) is 0. The first-order valence-electron chi connectivity index (χ1n) is 6.52. The van der Waals surface area contributed by atoms with E-state index in [2.05, 4.69) is 10.6 Å². The van der Waals surface area contributed by atoms with Gasteiger partial charge in [-0.15, -0.1) is 12.4 Å². The molecule has 0 bridgehead atoms. The molecule has 0 saturated carbocycles. The molecule has 2 amide bonds. The molecule has 0 unspecified atom stereocenters. The first kappa shape index (κ1) is 15.8. The van der Waals surface area contributed by atoms with Crippen molar-refractivity contribution < 1.29 is 4.79 Å². The third-order valence-electron chi connectivity index (χ3n) is 3.46. The number of carbonyl (C=O) groups is 1. The minimum atomic E-state index is 0. The Morgan fingerprint density at radius 2 is 1.95 bits per heavy atom. The Balaban J connectivity index is 0.00000180. The van der Waals surface area contributed by atoms with Crippen LogP contribution in [-0.2, 0) is 6.54 Å². The largest absolute Gasteiger partial charge is 0.334 e. The monoisotopic (exact) mass is 283 g/mol. The Kier molecular flexibility index (Phi) is 6.67. The predicted molar refractivity (Wildman–Crippen MR) is 79.6 cm³/mol. The Morgan fingerprint density at radius 1 is 1.32 bits per heavy atom. The van der Waals surface area contributed by atoms with Crippen LogP contribution in [0.2, 0.25) is 0 Å². The molecule has 1 aliphatic heterocycles. The zero-order chi connectivity index (χ0) is 12.8. The van der Waals surface area contributed by atoms with Gasteiger partial charge in [0.15, 0.2) is 0 Å². The SMILES string of the molecule is CN(C(=O)NCc1ccccc1)C1CCNCC1.Cl. The van der Waals surface area contributed by atoms with Crippen molar-refractivity contribution in [3.8, 4) is 0 Å². The maximum atomic E-state index is 12.0. The first-order chi connectivity index (χ1) is 8.77. The van der Waals surface area contributed by atoms with Gasteiger partial charge in [-0.05, 0) is 31.5 Å². The van der Waals surface area contributed by atoms with E-state index in [1.807, 2.05) is 42.3 Å². The minimum Gasteiger partial charge on any atom is -0.334 e. The van der Waals surface area contributed by atoms with E-state index in [0.717, 1.165) is 31.5 Å². The van der Waals surface area contributed by atoms with E-state index in [1.165, 1.54) is 0 Å². The van der Waals surface area contributed by atoms with Crippen LogP contribution in [-0.4, -0.2) is 37.1 Å². The summed E-state index contributed by atoms with van der Waals surface area (Å²) in [7, 11) is 1.89. The Labute approximate surface area is 121 Å². The summed E-state index contributed by atoms with van der Waals surface area (Å²) in [6.07, 6.45) is 2.07. The quantitative estimate of drug-likeness (QED) is 0.891. The highest BCUT2D eigenvalue weighted by Crippen LogP contribution is 2.10. The smallest absolute Gasteiger partial charge is 0.317 e. The van der Waals surface area contributed by atoms with E-state index in [4.69, 9.17) is 0 Å². The number of urea groups is 1. The summed E-state index contributed by atoms with van der Waals surface area (Å²) in [5.41, 5.74) is 1.13. The zero-order valence-corrected chi connectivity index (χ0v) is 12.1. The van der Waals surface area contributed by atoms with Crippen LogP contribution in [0.25, 0.3) is 0 Å². The maximum absolute atomic E-state index is 12.0. The number of rotatable bonds is 3. The topological polar surface area (TPSA) is 44.4 Å². The minimum absolute atomic E-state index is 0. The fraction of sp³-hybridized carbons (Fsp3) is 0.500. The molecule has 2 N–H and O–H groups in total. The average molecular weight is 284 g/mol. The number of piperidine rings is 1. The molecule has 1 aromatic rings. The third-order valence-corrected chi connectivity index (χ3v) is 3.46. The van der Waals surface area contributed by atoms with Gasteiger partial charge in [0, 0.05) is 19.6 Å². The molecule has 0 atom stereocenters. The van der Waals surface area contributed by atoms with Crippen molar-refractivity contribution >= 4 is 18.4 Å². The van der Waals surface area contributed by atoms with E-state index in [9.17, 15) is 4.79 Å². The number of halogens is 1. The van der Waals surface area contributed by atoms with Gasteiger partial charge in [0.05, 0.1) is 0 Å². The number of hydrogen-bond donors (Lipinski definition) is 2. The van der Waals surface area contributed by atoms with Crippen molar-refractivity contribution in [3.63, 3.8) is 0 Å². The summed E-state index contributed by atoms with van der Waals surface area (Å²) in [4.78, 5) is 13.8. The lowest BCUT2D eigenvalue weighted by Crippen LogP contribution is -2.47. The molecule has 2 rings (SSSR count). The predicted octanol–water partition coefficient (Wildman–Crippen LogP) is 2.00. The lowest BCUT2D eigenvalue weighted by Gasteiger charge is -2.31. The molecule has 5 heteroatoms. The van der Waals surface area contributed by atoms with Crippen LogP contribution in [0.1, 0.15) is 18.4 Å². The van der Waals surface area contributed by atoms with Gasteiger partial charge in [-0.25, -0.2) is 4.79 Å². The molecule has 1 fully saturated rings. The number of amides is 2. The van der Waals surface area contributed by atoms with Gasteiger partial charge < -0.3 is 15.5 Å². The van der Waals surface area contributed by atoms with Crippen LogP contribution >= 0.6 is 12.4 Å². The normalized spacial score (nSPS) is 15.4. The molecule has 0 radical (unpaired) electrons. The molecule has 0 aliphatic carbocycles. The fourth-order valence-corrected chi connectivity index (χ4v) is 2.26. The van der Waals surface area contributed by atoms with Gasteiger partial charge in [-0.2, -0.15) is 0 Å². The van der Waals surface area contributed by atoms with Gasteiger partial charge in [0.2, 0.25) is 0 Å². The number of nitrogens with zero attached hydrogens (tertiary/aromatic N) is 1. The highest BCUT2D eigenvalue weighted by atomic mass is 35.5.